The van der Waals surface area contributed by atoms with Crippen molar-refractivity contribution in [3.8, 4) is 0 Å². The van der Waals surface area contributed by atoms with Crippen molar-refractivity contribution in [1.29, 1.82) is 0 Å². The highest BCUT2D eigenvalue weighted by molar-refractivity contribution is 5.39. The molecule has 0 saturated carbocycles. The molecule has 3 nitrogen and oxygen atoms in total. The lowest BCUT2D eigenvalue weighted by atomic mass is 10.1. The van der Waals surface area contributed by atoms with Gasteiger partial charge >= 0.3 is 0 Å². The Labute approximate surface area is 84.3 Å². The normalized spacial score (nSPS) is 10.6. The average Bonchev–Trinajstić information content (AvgIpc) is 2.21. The topological polar surface area (TPSA) is 58.3 Å². The molecule has 0 aliphatic heterocycles. The molecule has 0 heterocycles. The van der Waals surface area contributed by atoms with Crippen molar-refractivity contribution in [3.05, 3.63) is 42.1 Å². The molecule has 0 atom stereocenters. The number of anilines is 1. The number of nitrogens with two attached hydrogens (primary N) is 1. The first kappa shape index (κ1) is 10.6. The van der Waals surface area contributed by atoms with Gasteiger partial charge in [-0.3, -0.25) is 0 Å². The average molecular weight is 192 g/mol. The van der Waals surface area contributed by atoms with E-state index < -0.39 is 0 Å². The summed E-state index contributed by atoms with van der Waals surface area (Å²) in [7, 11) is 0. The first-order chi connectivity index (χ1) is 6.83. The van der Waals surface area contributed by atoms with E-state index >= 15 is 0 Å². The van der Waals surface area contributed by atoms with Crippen LogP contribution in [0.1, 0.15) is 5.56 Å². The van der Waals surface area contributed by atoms with E-state index in [9.17, 15) is 0 Å². The van der Waals surface area contributed by atoms with E-state index in [4.69, 9.17) is 10.8 Å². The van der Waals surface area contributed by atoms with Gasteiger partial charge in [0.25, 0.3) is 0 Å². The summed E-state index contributed by atoms with van der Waals surface area (Å²) >= 11 is 0. The van der Waals surface area contributed by atoms with Crippen LogP contribution in [0.3, 0.4) is 0 Å². The van der Waals surface area contributed by atoms with Crippen LogP contribution in [-0.4, -0.2) is 18.3 Å². The summed E-state index contributed by atoms with van der Waals surface area (Å²) in [5, 5.41) is 11.5. The second-order valence-electron chi connectivity index (χ2n) is 3.03. The fourth-order valence-corrected chi connectivity index (χ4v) is 1.08. The summed E-state index contributed by atoms with van der Waals surface area (Å²) in [5.74, 6) is 0. The largest absolute Gasteiger partial charge is 0.399 e. The maximum absolute atomic E-state index is 8.50. The third-order valence-electron chi connectivity index (χ3n) is 1.83. The monoisotopic (exact) mass is 192 g/mol. The van der Waals surface area contributed by atoms with Crippen LogP contribution >= 0.6 is 0 Å². The molecular formula is C11H16N2O. The Balaban J connectivity index is 2.30. The van der Waals surface area contributed by atoms with E-state index in [1.807, 2.05) is 36.5 Å². The number of aliphatic hydroxyl groups excluding tert-OH is 1. The molecule has 0 fully saturated rings. The van der Waals surface area contributed by atoms with E-state index in [0.29, 0.717) is 6.54 Å². The van der Waals surface area contributed by atoms with Gasteiger partial charge in [0.05, 0.1) is 6.61 Å². The Morgan fingerprint density at radius 2 is 2.00 bits per heavy atom. The zero-order valence-electron chi connectivity index (χ0n) is 8.11. The zero-order valence-corrected chi connectivity index (χ0v) is 8.11. The first-order valence-electron chi connectivity index (χ1n) is 4.66. The van der Waals surface area contributed by atoms with E-state index in [1.165, 1.54) is 5.56 Å². The molecule has 0 aromatic heterocycles. The van der Waals surface area contributed by atoms with Crippen molar-refractivity contribution >= 4 is 5.69 Å². The highest BCUT2D eigenvalue weighted by atomic mass is 16.3. The number of nitrogens with one attached hydrogen (secondary N) is 1. The lowest BCUT2D eigenvalue weighted by molar-refractivity contribution is 0.298. The number of nitrogen functional groups attached to an aromatic ring is 1. The van der Waals surface area contributed by atoms with Crippen molar-refractivity contribution in [1.82, 2.24) is 5.32 Å². The predicted molar refractivity (Wildman–Crippen MR) is 58.8 cm³/mol. The minimum absolute atomic E-state index is 0.159. The highest BCUT2D eigenvalue weighted by Crippen LogP contribution is 2.05. The molecule has 76 valence electrons. The van der Waals surface area contributed by atoms with Crippen LogP contribution in [0.2, 0.25) is 0 Å². The summed E-state index contributed by atoms with van der Waals surface area (Å²) in [6, 6.07) is 7.80. The second-order valence-corrected chi connectivity index (χ2v) is 3.03. The molecule has 4 N–H and O–H groups in total. The summed E-state index contributed by atoms with van der Waals surface area (Å²) in [4.78, 5) is 0. The lowest BCUT2D eigenvalue weighted by Crippen LogP contribution is -2.10. The predicted octanol–water partition coefficient (Wildman–Crippen LogP) is 0.907. The third-order valence-corrected chi connectivity index (χ3v) is 1.83. The maximum Gasteiger partial charge on any atom is 0.0603 e. The number of benzene rings is 1. The number of allylic oxidation sites excluding steroid dienone is 1. The van der Waals surface area contributed by atoms with Crippen molar-refractivity contribution < 1.29 is 5.11 Å². The molecule has 0 amide bonds. The Morgan fingerprint density at radius 1 is 1.29 bits per heavy atom. The SMILES string of the molecule is Nc1ccc(CC=CNCCO)cc1. The van der Waals surface area contributed by atoms with E-state index in [0.717, 1.165) is 12.1 Å². The summed E-state index contributed by atoms with van der Waals surface area (Å²) in [6.07, 6.45) is 4.74. The summed E-state index contributed by atoms with van der Waals surface area (Å²) in [6.45, 7) is 0.754. The quantitative estimate of drug-likeness (QED) is 0.480. The van der Waals surface area contributed by atoms with Gasteiger partial charge in [0.15, 0.2) is 0 Å². The fourth-order valence-electron chi connectivity index (χ4n) is 1.08. The molecule has 1 aromatic rings. The van der Waals surface area contributed by atoms with Crippen molar-refractivity contribution in [3.63, 3.8) is 0 Å². The first-order valence-corrected chi connectivity index (χ1v) is 4.66. The number of hydrogen-bond donors (Lipinski definition) is 3. The van der Waals surface area contributed by atoms with Crippen LogP contribution in [0, 0.1) is 0 Å². The highest BCUT2D eigenvalue weighted by Gasteiger charge is 1.88. The van der Waals surface area contributed by atoms with Gasteiger partial charge in [-0.25, -0.2) is 0 Å². The van der Waals surface area contributed by atoms with Crippen LogP contribution in [-0.2, 0) is 6.42 Å². The molecular weight excluding hydrogens is 176 g/mol. The van der Waals surface area contributed by atoms with Crippen LogP contribution in [0.25, 0.3) is 0 Å². The maximum atomic E-state index is 8.50. The fraction of sp³-hybridized carbons (Fsp3) is 0.273. The Kier molecular flexibility index (Phi) is 4.58. The Bertz CT molecular complexity index is 280. The van der Waals surface area contributed by atoms with Gasteiger partial charge in [0.1, 0.15) is 0 Å². The molecule has 0 unspecified atom stereocenters. The number of hydrogen-bond acceptors (Lipinski definition) is 3. The van der Waals surface area contributed by atoms with E-state index in [-0.39, 0.29) is 6.61 Å². The molecule has 0 radical (unpaired) electrons. The molecule has 0 bridgehead atoms. The van der Waals surface area contributed by atoms with Gasteiger partial charge in [0, 0.05) is 12.2 Å². The third kappa shape index (κ3) is 3.96. The van der Waals surface area contributed by atoms with E-state index in [1.54, 1.807) is 0 Å². The van der Waals surface area contributed by atoms with Gasteiger partial charge in [0.2, 0.25) is 0 Å². The molecule has 3 heteroatoms. The second kappa shape index (κ2) is 6.05. The lowest BCUT2D eigenvalue weighted by Gasteiger charge is -1.98. The number of rotatable bonds is 5. The summed E-state index contributed by atoms with van der Waals surface area (Å²) < 4.78 is 0. The van der Waals surface area contributed by atoms with Crippen molar-refractivity contribution in [2.45, 2.75) is 6.42 Å². The minimum Gasteiger partial charge on any atom is -0.399 e. The molecule has 1 aromatic carbocycles. The van der Waals surface area contributed by atoms with Gasteiger partial charge in [-0.05, 0) is 30.3 Å². The van der Waals surface area contributed by atoms with Crippen LogP contribution in [0.15, 0.2) is 36.5 Å². The van der Waals surface area contributed by atoms with Crippen LogP contribution in [0.4, 0.5) is 5.69 Å². The zero-order chi connectivity index (χ0) is 10.2. The molecule has 0 aliphatic rings. The van der Waals surface area contributed by atoms with E-state index in [2.05, 4.69) is 5.32 Å². The number of aliphatic hydroxyl groups is 1. The Hall–Kier alpha value is -1.48. The van der Waals surface area contributed by atoms with Crippen LogP contribution < -0.4 is 11.1 Å². The van der Waals surface area contributed by atoms with Gasteiger partial charge in [-0.15, -0.1) is 0 Å². The Morgan fingerprint density at radius 3 is 2.64 bits per heavy atom. The van der Waals surface area contributed by atoms with Crippen molar-refractivity contribution in [2.75, 3.05) is 18.9 Å². The summed E-state index contributed by atoms with van der Waals surface area (Å²) in [5.41, 5.74) is 7.57. The minimum atomic E-state index is 0.159. The molecule has 14 heavy (non-hydrogen) atoms. The molecule has 0 spiro atoms. The molecule has 1 rings (SSSR count). The molecule has 0 aliphatic carbocycles. The van der Waals surface area contributed by atoms with Gasteiger partial charge in [-0.2, -0.15) is 0 Å². The van der Waals surface area contributed by atoms with Crippen LogP contribution in [0.5, 0.6) is 0 Å². The van der Waals surface area contributed by atoms with Crippen molar-refractivity contribution in [2.24, 2.45) is 0 Å². The van der Waals surface area contributed by atoms with Gasteiger partial charge in [-0.1, -0.05) is 18.2 Å². The smallest absolute Gasteiger partial charge is 0.0603 e. The molecule has 0 saturated heterocycles. The standard InChI is InChI=1S/C11H16N2O/c12-11-5-3-10(4-6-11)2-1-7-13-8-9-14/h1,3-7,13-14H,2,8-9,12H2. The van der Waals surface area contributed by atoms with Gasteiger partial charge < -0.3 is 16.2 Å².